The lowest BCUT2D eigenvalue weighted by Crippen LogP contribution is -2.75. The van der Waals surface area contributed by atoms with Gasteiger partial charge < -0.3 is 14.4 Å². The molecule has 2 aliphatic rings. The number of β-lactam (4-membered cyclic amide) rings is 1. The van der Waals surface area contributed by atoms with Gasteiger partial charge in [0.05, 0.1) is 12.6 Å². The van der Waals surface area contributed by atoms with Gasteiger partial charge in [-0.3, -0.25) is 14.5 Å². The molecule has 210 valence electrons. The van der Waals surface area contributed by atoms with Gasteiger partial charge in [0.15, 0.2) is 5.78 Å². The van der Waals surface area contributed by atoms with Crippen molar-refractivity contribution in [1.82, 2.24) is 9.80 Å². The van der Waals surface area contributed by atoms with Crippen LogP contribution in [0.2, 0.25) is 5.04 Å². The summed E-state index contributed by atoms with van der Waals surface area (Å²) in [6.07, 6.45) is 1.81. The maximum atomic E-state index is 13.7. The third-order valence-corrected chi connectivity index (χ3v) is 13.0. The second-order valence-electron chi connectivity index (χ2n) is 12.7. The summed E-state index contributed by atoms with van der Waals surface area (Å²) >= 11 is 0. The van der Waals surface area contributed by atoms with Crippen molar-refractivity contribution in [3.8, 4) is 0 Å². The zero-order valence-corrected chi connectivity index (χ0v) is 25.1. The van der Waals surface area contributed by atoms with Crippen LogP contribution in [0.15, 0.2) is 60.7 Å². The van der Waals surface area contributed by atoms with E-state index >= 15 is 0 Å². The SMILES string of the molecule is CC(=O)C(CCC(C)(C)[Si](O)(c1ccccc1)c1ccccc1)N1CC2(CCCN2C(=O)OC(C)(C)C)C1=O. The van der Waals surface area contributed by atoms with Crippen molar-refractivity contribution < 1.29 is 23.9 Å². The standard InChI is InChI=1S/C31H42N2O5Si/c1-23(34)26(32-22-31(27(32)35)19-13-21-33(31)28(36)38-29(2,3)4)18-20-30(5,6)39(37,24-14-9-7-10-15-24)25-16-11-8-12-17-25/h7-12,14-17,26,37H,13,18-22H2,1-6H3. The van der Waals surface area contributed by atoms with Gasteiger partial charge in [-0.05, 0) is 68.8 Å². The van der Waals surface area contributed by atoms with Crippen molar-refractivity contribution in [2.24, 2.45) is 0 Å². The summed E-state index contributed by atoms with van der Waals surface area (Å²) in [5.74, 6) is -0.261. The Morgan fingerprint density at radius 3 is 2.00 bits per heavy atom. The van der Waals surface area contributed by atoms with E-state index in [2.05, 4.69) is 13.8 Å². The highest BCUT2D eigenvalue weighted by Gasteiger charge is 2.62. The number of carbonyl (C=O) groups is 3. The van der Waals surface area contributed by atoms with Gasteiger partial charge in [-0.15, -0.1) is 0 Å². The molecule has 0 saturated carbocycles. The summed E-state index contributed by atoms with van der Waals surface area (Å²) in [6.45, 7) is 11.9. The van der Waals surface area contributed by atoms with Gasteiger partial charge in [-0.1, -0.05) is 74.5 Å². The molecule has 4 rings (SSSR count). The topological polar surface area (TPSA) is 87.2 Å². The molecule has 1 spiro atoms. The molecule has 7 nitrogen and oxygen atoms in total. The van der Waals surface area contributed by atoms with Crippen molar-refractivity contribution in [2.75, 3.05) is 13.1 Å². The van der Waals surface area contributed by atoms with Gasteiger partial charge in [-0.25, -0.2) is 4.79 Å². The monoisotopic (exact) mass is 550 g/mol. The lowest BCUT2D eigenvalue weighted by atomic mass is 9.82. The Labute approximate surface area is 233 Å². The predicted octanol–water partition coefficient (Wildman–Crippen LogP) is 3.87. The van der Waals surface area contributed by atoms with E-state index in [0.717, 1.165) is 16.8 Å². The van der Waals surface area contributed by atoms with Crippen LogP contribution in [0, 0.1) is 0 Å². The van der Waals surface area contributed by atoms with Gasteiger partial charge in [0.1, 0.15) is 11.1 Å². The Bertz CT molecular complexity index is 1170. The molecule has 2 amide bonds. The van der Waals surface area contributed by atoms with E-state index in [-0.39, 0.29) is 11.7 Å². The number of ether oxygens (including phenoxy) is 1. The van der Waals surface area contributed by atoms with Crippen LogP contribution in [0.1, 0.15) is 67.2 Å². The molecule has 0 aromatic heterocycles. The van der Waals surface area contributed by atoms with E-state index in [0.29, 0.717) is 32.4 Å². The Balaban J connectivity index is 1.55. The van der Waals surface area contributed by atoms with Crippen LogP contribution in [0.5, 0.6) is 0 Å². The van der Waals surface area contributed by atoms with E-state index in [4.69, 9.17) is 4.74 Å². The summed E-state index contributed by atoms with van der Waals surface area (Å²) in [5.41, 5.74) is -1.58. The fourth-order valence-electron chi connectivity index (χ4n) is 6.26. The Morgan fingerprint density at radius 1 is 1.00 bits per heavy atom. The highest BCUT2D eigenvalue weighted by atomic mass is 28.4. The molecule has 0 aliphatic carbocycles. The van der Waals surface area contributed by atoms with Crippen LogP contribution >= 0.6 is 0 Å². The van der Waals surface area contributed by atoms with Crippen LogP contribution in [0.3, 0.4) is 0 Å². The molecular formula is C31H42N2O5Si. The first-order chi connectivity index (χ1) is 18.2. The molecule has 2 aliphatic heterocycles. The second kappa shape index (κ2) is 10.5. The first-order valence-corrected chi connectivity index (χ1v) is 15.8. The molecule has 2 aromatic rings. The number of amides is 2. The zero-order chi connectivity index (χ0) is 28.6. The number of benzene rings is 2. The van der Waals surface area contributed by atoms with Gasteiger partial charge in [0.2, 0.25) is 0 Å². The van der Waals surface area contributed by atoms with Crippen molar-refractivity contribution >= 4 is 36.5 Å². The first kappa shape index (κ1) is 29.0. The average molecular weight is 551 g/mol. The van der Waals surface area contributed by atoms with Crippen molar-refractivity contribution in [3.63, 3.8) is 0 Å². The number of likely N-dealkylation sites (tertiary alicyclic amines) is 2. The smallest absolute Gasteiger partial charge is 0.411 e. The number of hydrogen-bond acceptors (Lipinski definition) is 5. The fraction of sp³-hybridized carbons (Fsp3) is 0.516. The molecule has 2 fully saturated rings. The fourth-order valence-corrected chi connectivity index (χ4v) is 10.0. The summed E-state index contributed by atoms with van der Waals surface area (Å²) in [6, 6.07) is 19.0. The van der Waals surface area contributed by atoms with E-state index in [9.17, 15) is 19.2 Å². The summed E-state index contributed by atoms with van der Waals surface area (Å²) in [5, 5.41) is 1.29. The Morgan fingerprint density at radius 2 is 1.54 bits per heavy atom. The summed E-state index contributed by atoms with van der Waals surface area (Å²) < 4.78 is 5.58. The zero-order valence-electron chi connectivity index (χ0n) is 24.1. The first-order valence-electron chi connectivity index (χ1n) is 13.9. The lowest BCUT2D eigenvalue weighted by molar-refractivity contribution is -0.167. The van der Waals surface area contributed by atoms with Crippen LogP contribution in [-0.4, -0.2) is 71.0 Å². The molecule has 2 atom stereocenters. The molecule has 2 unspecified atom stereocenters. The molecule has 39 heavy (non-hydrogen) atoms. The molecule has 0 radical (unpaired) electrons. The maximum Gasteiger partial charge on any atom is 0.411 e. The molecule has 2 saturated heterocycles. The number of hydrogen-bond donors (Lipinski definition) is 1. The lowest BCUT2D eigenvalue weighted by Gasteiger charge is -2.53. The third-order valence-electron chi connectivity index (χ3n) is 8.44. The normalized spacial score (nSPS) is 20.6. The summed E-state index contributed by atoms with van der Waals surface area (Å²) in [4.78, 5) is 55.1. The molecular weight excluding hydrogens is 508 g/mol. The van der Waals surface area contributed by atoms with E-state index in [1.54, 1.807) is 9.80 Å². The van der Waals surface area contributed by atoms with Gasteiger partial charge >= 0.3 is 6.09 Å². The van der Waals surface area contributed by atoms with Crippen LogP contribution in [0.4, 0.5) is 4.79 Å². The number of rotatable bonds is 8. The van der Waals surface area contributed by atoms with E-state index < -0.39 is 36.6 Å². The van der Waals surface area contributed by atoms with Gasteiger partial charge in [0.25, 0.3) is 14.2 Å². The van der Waals surface area contributed by atoms with E-state index in [1.807, 2.05) is 81.4 Å². The average Bonchev–Trinajstić information content (AvgIpc) is 3.34. The minimum Gasteiger partial charge on any atom is -0.444 e. The quantitative estimate of drug-likeness (QED) is 0.398. The van der Waals surface area contributed by atoms with Crippen LogP contribution in [0.25, 0.3) is 0 Å². The second-order valence-corrected chi connectivity index (χ2v) is 16.6. The number of ketones is 1. The van der Waals surface area contributed by atoms with E-state index in [1.165, 1.54) is 6.92 Å². The highest BCUT2D eigenvalue weighted by Crippen LogP contribution is 2.44. The molecule has 8 heteroatoms. The maximum absolute atomic E-state index is 13.7. The Kier molecular flexibility index (Phi) is 7.84. The third kappa shape index (κ3) is 5.28. The number of nitrogens with zero attached hydrogens (tertiary/aromatic N) is 2. The number of Topliss-reactive ketones (excluding diaryl/α,β-unsaturated/α-hetero) is 1. The molecule has 0 bridgehead atoms. The summed E-state index contributed by atoms with van der Waals surface area (Å²) in [7, 11) is -3.24. The highest BCUT2D eigenvalue weighted by molar-refractivity contribution is 6.98. The van der Waals surface area contributed by atoms with Gasteiger partial charge in [-0.2, -0.15) is 0 Å². The largest absolute Gasteiger partial charge is 0.444 e. The van der Waals surface area contributed by atoms with Crippen molar-refractivity contribution in [2.45, 2.75) is 89.4 Å². The van der Waals surface area contributed by atoms with Crippen LogP contribution < -0.4 is 10.4 Å². The molecule has 2 aromatic carbocycles. The van der Waals surface area contributed by atoms with Gasteiger partial charge in [0, 0.05) is 6.54 Å². The number of carbonyl (C=O) groups excluding carboxylic acids is 3. The molecule has 1 N–H and O–H groups in total. The van der Waals surface area contributed by atoms with Crippen molar-refractivity contribution in [3.05, 3.63) is 60.7 Å². The minimum absolute atomic E-state index is 0.0829. The predicted molar refractivity (Wildman–Crippen MR) is 154 cm³/mol. The van der Waals surface area contributed by atoms with Crippen molar-refractivity contribution in [1.29, 1.82) is 0 Å². The Hall–Kier alpha value is -2.97. The molecule has 2 heterocycles. The van der Waals surface area contributed by atoms with Crippen LogP contribution in [-0.2, 0) is 14.3 Å². The minimum atomic E-state index is -3.24.